The van der Waals surface area contributed by atoms with E-state index in [1.165, 1.54) is 0 Å². The van der Waals surface area contributed by atoms with Crippen LogP contribution in [0.25, 0.3) is 0 Å². The highest BCUT2D eigenvalue weighted by Crippen LogP contribution is 2.15. The lowest BCUT2D eigenvalue weighted by Gasteiger charge is -2.33. The van der Waals surface area contributed by atoms with E-state index in [4.69, 9.17) is 15.2 Å². The molecular weight excluding hydrogens is 268 g/mol. The van der Waals surface area contributed by atoms with Gasteiger partial charge < -0.3 is 20.1 Å². The Morgan fingerprint density at radius 1 is 1.33 bits per heavy atom. The van der Waals surface area contributed by atoms with Gasteiger partial charge in [0.2, 0.25) is 5.91 Å². The summed E-state index contributed by atoms with van der Waals surface area (Å²) in [7, 11) is 1.61. The number of nitrogens with zero attached hydrogens (tertiary/aromatic N) is 1. The molecule has 1 aliphatic rings. The van der Waals surface area contributed by atoms with Crippen LogP contribution in [0, 0.1) is 0 Å². The summed E-state index contributed by atoms with van der Waals surface area (Å²) in [6.45, 7) is 1.72. The third-order valence-electron chi connectivity index (χ3n) is 3.79. The molecule has 0 radical (unpaired) electrons. The number of carbonyl (C=O) groups excluding carboxylic acids is 1. The molecule has 0 aliphatic carbocycles. The van der Waals surface area contributed by atoms with Gasteiger partial charge in [-0.05, 0) is 24.8 Å². The standard InChI is InChI=1S/C16H24N2O3/c1-20-12-21-14-7-9-18(10-8-14)16(19)15(17)11-13-5-3-2-4-6-13/h2-6,14-15H,7-12,17H2,1H3/t15-/m0/s1. The van der Waals surface area contributed by atoms with Gasteiger partial charge in [0, 0.05) is 20.2 Å². The third-order valence-corrected chi connectivity index (χ3v) is 3.79. The van der Waals surface area contributed by atoms with Crippen LogP contribution < -0.4 is 5.73 Å². The van der Waals surface area contributed by atoms with E-state index in [0.717, 1.165) is 18.4 Å². The van der Waals surface area contributed by atoms with E-state index in [9.17, 15) is 4.79 Å². The maximum absolute atomic E-state index is 12.4. The van der Waals surface area contributed by atoms with Crippen molar-refractivity contribution in [3.8, 4) is 0 Å². The molecule has 1 aromatic rings. The molecule has 1 aliphatic heterocycles. The van der Waals surface area contributed by atoms with Gasteiger partial charge in [-0.2, -0.15) is 0 Å². The molecular formula is C16H24N2O3. The van der Waals surface area contributed by atoms with E-state index < -0.39 is 6.04 Å². The highest BCUT2D eigenvalue weighted by Gasteiger charge is 2.26. The number of rotatable bonds is 6. The molecule has 0 aromatic heterocycles. The lowest BCUT2D eigenvalue weighted by atomic mass is 10.0. The van der Waals surface area contributed by atoms with Crippen molar-refractivity contribution in [1.29, 1.82) is 0 Å². The minimum Gasteiger partial charge on any atom is -0.359 e. The van der Waals surface area contributed by atoms with Gasteiger partial charge in [0.1, 0.15) is 6.79 Å². The number of methoxy groups -OCH3 is 1. The third kappa shape index (κ3) is 4.81. The summed E-state index contributed by atoms with van der Waals surface area (Å²) in [4.78, 5) is 14.2. The Bertz CT molecular complexity index is 430. The molecule has 5 heteroatoms. The fourth-order valence-electron chi connectivity index (χ4n) is 2.60. The number of hydrogen-bond donors (Lipinski definition) is 1. The van der Waals surface area contributed by atoms with Crippen molar-refractivity contribution < 1.29 is 14.3 Å². The quantitative estimate of drug-likeness (QED) is 0.799. The summed E-state index contributed by atoms with van der Waals surface area (Å²) < 4.78 is 10.4. The van der Waals surface area contributed by atoms with Gasteiger partial charge in [0.05, 0.1) is 12.1 Å². The topological polar surface area (TPSA) is 64.8 Å². The van der Waals surface area contributed by atoms with Crippen LogP contribution in [0.4, 0.5) is 0 Å². The Labute approximate surface area is 126 Å². The van der Waals surface area contributed by atoms with Crippen LogP contribution in [0.3, 0.4) is 0 Å². The predicted octanol–water partition coefficient (Wildman–Crippen LogP) is 1.17. The van der Waals surface area contributed by atoms with Crippen LogP contribution in [0.2, 0.25) is 0 Å². The van der Waals surface area contributed by atoms with Crippen LogP contribution in [-0.4, -0.2) is 49.9 Å². The van der Waals surface area contributed by atoms with E-state index in [-0.39, 0.29) is 12.0 Å². The zero-order valence-corrected chi connectivity index (χ0v) is 12.5. The average Bonchev–Trinajstić information content (AvgIpc) is 2.53. The Balaban J connectivity index is 1.78. The Kier molecular flexibility index (Phi) is 6.17. The van der Waals surface area contributed by atoms with Gasteiger partial charge >= 0.3 is 0 Å². The van der Waals surface area contributed by atoms with Crippen molar-refractivity contribution >= 4 is 5.91 Å². The van der Waals surface area contributed by atoms with Crippen LogP contribution in [0.1, 0.15) is 18.4 Å². The summed E-state index contributed by atoms with van der Waals surface area (Å²) in [5.41, 5.74) is 7.15. The number of likely N-dealkylation sites (tertiary alicyclic amines) is 1. The zero-order chi connectivity index (χ0) is 15.1. The fourth-order valence-corrected chi connectivity index (χ4v) is 2.60. The van der Waals surface area contributed by atoms with Crippen LogP contribution in [0.15, 0.2) is 30.3 Å². The lowest BCUT2D eigenvalue weighted by molar-refractivity contribution is -0.137. The number of amides is 1. The smallest absolute Gasteiger partial charge is 0.239 e. The number of nitrogens with two attached hydrogens (primary N) is 1. The van der Waals surface area contributed by atoms with Gasteiger partial charge in [0.25, 0.3) is 0 Å². The van der Waals surface area contributed by atoms with Crippen molar-refractivity contribution in [3.05, 3.63) is 35.9 Å². The first kappa shape index (κ1) is 15.9. The second-order valence-electron chi connectivity index (χ2n) is 5.39. The molecule has 1 aromatic carbocycles. The molecule has 0 unspecified atom stereocenters. The first-order chi connectivity index (χ1) is 10.2. The summed E-state index contributed by atoms with van der Waals surface area (Å²) >= 11 is 0. The summed E-state index contributed by atoms with van der Waals surface area (Å²) in [6, 6.07) is 9.41. The van der Waals surface area contributed by atoms with Gasteiger partial charge in [0.15, 0.2) is 0 Å². The number of ether oxygens (including phenoxy) is 2. The molecule has 1 fully saturated rings. The average molecular weight is 292 g/mol. The fraction of sp³-hybridized carbons (Fsp3) is 0.562. The Morgan fingerprint density at radius 2 is 2.00 bits per heavy atom. The molecule has 0 spiro atoms. The van der Waals surface area contributed by atoms with Crippen LogP contribution in [0.5, 0.6) is 0 Å². The lowest BCUT2D eigenvalue weighted by Crippen LogP contribution is -2.49. The first-order valence-electron chi connectivity index (χ1n) is 7.39. The molecule has 5 nitrogen and oxygen atoms in total. The summed E-state index contributed by atoms with van der Waals surface area (Å²) in [5, 5.41) is 0. The molecule has 1 atom stereocenters. The molecule has 1 heterocycles. The predicted molar refractivity (Wildman–Crippen MR) is 80.7 cm³/mol. The summed E-state index contributed by atoms with van der Waals surface area (Å²) in [6.07, 6.45) is 2.44. The number of piperidine rings is 1. The van der Waals surface area contributed by atoms with E-state index in [1.807, 2.05) is 35.2 Å². The minimum atomic E-state index is -0.469. The molecule has 0 bridgehead atoms. The van der Waals surface area contributed by atoms with Gasteiger partial charge in [-0.3, -0.25) is 4.79 Å². The van der Waals surface area contributed by atoms with E-state index in [2.05, 4.69) is 0 Å². The van der Waals surface area contributed by atoms with Crippen molar-refractivity contribution in [2.24, 2.45) is 5.73 Å². The largest absolute Gasteiger partial charge is 0.359 e. The molecule has 116 valence electrons. The monoisotopic (exact) mass is 292 g/mol. The van der Waals surface area contributed by atoms with Gasteiger partial charge in [-0.1, -0.05) is 30.3 Å². The van der Waals surface area contributed by atoms with Crippen molar-refractivity contribution in [2.45, 2.75) is 31.4 Å². The highest BCUT2D eigenvalue weighted by molar-refractivity contribution is 5.82. The number of benzene rings is 1. The number of hydrogen-bond acceptors (Lipinski definition) is 4. The van der Waals surface area contributed by atoms with Crippen molar-refractivity contribution in [2.75, 3.05) is 27.0 Å². The second-order valence-corrected chi connectivity index (χ2v) is 5.39. The SMILES string of the molecule is COCOC1CCN(C(=O)[C@@H](N)Cc2ccccc2)CC1. The van der Waals surface area contributed by atoms with Gasteiger partial charge in [-0.15, -0.1) is 0 Å². The maximum atomic E-state index is 12.4. The normalized spacial score (nSPS) is 17.7. The summed E-state index contributed by atoms with van der Waals surface area (Å²) in [5.74, 6) is 0.0315. The van der Waals surface area contributed by atoms with Crippen LogP contribution >= 0.6 is 0 Å². The minimum absolute atomic E-state index is 0.0315. The number of carbonyl (C=O) groups is 1. The first-order valence-corrected chi connectivity index (χ1v) is 7.39. The zero-order valence-electron chi connectivity index (χ0n) is 12.5. The molecule has 0 saturated carbocycles. The highest BCUT2D eigenvalue weighted by atomic mass is 16.7. The van der Waals surface area contributed by atoms with Crippen molar-refractivity contribution in [1.82, 2.24) is 4.90 Å². The van der Waals surface area contributed by atoms with Crippen LogP contribution in [-0.2, 0) is 20.7 Å². The Hall–Kier alpha value is -1.43. The van der Waals surface area contributed by atoms with Gasteiger partial charge in [-0.25, -0.2) is 0 Å². The molecule has 1 amide bonds. The molecule has 21 heavy (non-hydrogen) atoms. The maximum Gasteiger partial charge on any atom is 0.239 e. The van der Waals surface area contributed by atoms with E-state index >= 15 is 0 Å². The second kappa shape index (κ2) is 8.12. The van der Waals surface area contributed by atoms with E-state index in [0.29, 0.717) is 26.3 Å². The molecule has 1 saturated heterocycles. The Morgan fingerprint density at radius 3 is 2.62 bits per heavy atom. The van der Waals surface area contributed by atoms with E-state index in [1.54, 1.807) is 7.11 Å². The molecule has 2 rings (SSSR count). The van der Waals surface area contributed by atoms with Crippen molar-refractivity contribution in [3.63, 3.8) is 0 Å². The molecule has 2 N–H and O–H groups in total.